The number of aryl methyl sites for hydroxylation is 1. The Hall–Kier alpha value is -1.14. The number of rotatable bonds is 3. The number of nitrogens with two attached hydrogens (primary N) is 1. The smallest absolute Gasteiger partial charge is 0.191 e. The Balaban J connectivity index is 1.93. The maximum atomic E-state index is 6.11. The van der Waals surface area contributed by atoms with E-state index in [1.54, 1.807) is 11.3 Å². The topological polar surface area (TPSA) is 63.7 Å². The van der Waals surface area contributed by atoms with E-state index in [9.17, 15) is 0 Å². The molecule has 3 atom stereocenters. The number of thiazole rings is 1. The zero-order valence-electron chi connectivity index (χ0n) is 12.7. The number of aromatic nitrogens is 1. The first-order valence-corrected chi connectivity index (χ1v) is 7.96. The van der Waals surface area contributed by atoms with Gasteiger partial charge in [-0.05, 0) is 20.8 Å². The van der Waals surface area contributed by atoms with Crippen LogP contribution in [0, 0.1) is 6.92 Å². The van der Waals surface area contributed by atoms with Crippen LogP contribution in [-0.4, -0.2) is 47.7 Å². The molecule has 1 aliphatic rings. The van der Waals surface area contributed by atoms with Gasteiger partial charge in [0.05, 0.1) is 23.8 Å². The van der Waals surface area contributed by atoms with Crippen molar-refractivity contribution in [3.05, 3.63) is 16.1 Å². The van der Waals surface area contributed by atoms with Crippen molar-refractivity contribution >= 4 is 17.3 Å². The molecule has 20 heavy (non-hydrogen) atoms. The molecule has 0 saturated carbocycles. The van der Waals surface area contributed by atoms with Crippen LogP contribution in [0.4, 0.5) is 0 Å². The summed E-state index contributed by atoms with van der Waals surface area (Å²) in [6.45, 7) is 10.6. The van der Waals surface area contributed by atoms with Crippen LogP contribution in [0.15, 0.2) is 10.4 Å². The number of hydrogen-bond acceptors (Lipinski definition) is 4. The lowest BCUT2D eigenvalue weighted by Crippen LogP contribution is -2.51. The average molecular weight is 296 g/mol. The second-order valence-corrected chi connectivity index (χ2v) is 6.48. The Labute approximate surface area is 124 Å². The van der Waals surface area contributed by atoms with Crippen LogP contribution in [0.5, 0.6) is 0 Å². The summed E-state index contributed by atoms with van der Waals surface area (Å²) in [5.41, 5.74) is 7.18. The summed E-state index contributed by atoms with van der Waals surface area (Å²) in [6.07, 6.45) is 0.401. The molecule has 0 bridgehead atoms. The van der Waals surface area contributed by atoms with Crippen molar-refractivity contribution in [3.63, 3.8) is 0 Å². The molecule has 0 radical (unpaired) electrons. The highest BCUT2D eigenvalue weighted by atomic mass is 32.1. The molecule has 1 unspecified atom stereocenters. The van der Waals surface area contributed by atoms with E-state index in [1.165, 1.54) is 0 Å². The van der Waals surface area contributed by atoms with Crippen molar-refractivity contribution < 1.29 is 4.74 Å². The fourth-order valence-electron chi connectivity index (χ4n) is 2.37. The zero-order chi connectivity index (χ0) is 14.7. The summed E-state index contributed by atoms with van der Waals surface area (Å²) in [5, 5.41) is 3.20. The molecule has 6 heteroatoms. The number of morpholine rings is 1. The third kappa shape index (κ3) is 3.93. The first-order valence-electron chi connectivity index (χ1n) is 7.08. The van der Waals surface area contributed by atoms with E-state index in [1.807, 2.05) is 6.92 Å². The van der Waals surface area contributed by atoms with Crippen molar-refractivity contribution in [1.82, 2.24) is 9.88 Å². The molecular weight excluding hydrogens is 272 g/mol. The Bertz CT molecular complexity index is 463. The Kier molecular flexibility index (Phi) is 4.99. The third-order valence-corrected chi connectivity index (χ3v) is 4.52. The van der Waals surface area contributed by atoms with Crippen LogP contribution in [0.2, 0.25) is 0 Å². The molecule has 2 N–H and O–H groups in total. The quantitative estimate of drug-likeness (QED) is 0.684. The predicted molar refractivity (Wildman–Crippen MR) is 83.3 cm³/mol. The molecule has 1 saturated heterocycles. The van der Waals surface area contributed by atoms with Gasteiger partial charge in [-0.1, -0.05) is 6.92 Å². The summed E-state index contributed by atoms with van der Waals surface area (Å²) in [4.78, 5) is 11.1. The summed E-state index contributed by atoms with van der Waals surface area (Å²) < 4.78 is 5.70. The summed E-state index contributed by atoms with van der Waals surface area (Å²) in [7, 11) is 0. The predicted octanol–water partition coefficient (Wildman–Crippen LogP) is 1.98. The van der Waals surface area contributed by atoms with Crippen molar-refractivity contribution in [2.45, 2.75) is 45.8 Å². The van der Waals surface area contributed by atoms with Gasteiger partial charge in [-0.15, -0.1) is 11.3 Å². The van der Waals surface area contributed by atoms with Crippen LogP contribution >= 0.6 is 11.3 Å². The highest BCUT2D eigenvalue weighted by molar-refractivity contribution is 7.09. The molecule has 1 aliphatic heterocycles. The van der Waals surface area contributed by atoms with Gasteiger partial charge in [0.15, 0.2) is 5.96 Å². The molecule has 0 amide bonds. The number of nitrogens with zero attached hydrogens (tertiary/aromatic N) is 3. The molecular formula is C14H24N4OS. The van der Waals surface area contributed by atoms with Crippen LogP contribution in [0.25, 0.3) is 0 Å². The van der Waals surface area contributed by atoms with Gasteiger partial charge >= 0.3 is 0 Å². The minimum absolute atomic E-state index is 0.200. The normalized spacial score (nSPS) is 25.8. The molecule has 112 valence electrons. The van der Waals surface area contributed by atoms with Gasteiger partial charge in [-0.3, -0.25) is 4.99 Å². The van der Waals surface area contributed by atoms with E-state index in [2.05, 4.69) is 41.0 Å². The zero-order valence-corrected chi connectivity index (χ0v) is 13.5. The minimum Gasteiger partial charge on any atom is -0.372 e. The Morgan fingerprint density at radius 2 is 2.20 bits per heavy atom. The molecule has 0 aromatic carbocycles. The van der Waals surface area contributed by atoms with Gasteiger partial charge < -0.3 is 15.4 Å². The van der Waals surface area contributed by atoms with E-state index in [0.29, 0.717) is 18.4 Å². The Morgan fingerprint density at radius 3 is 2.75 bits per heavy atom. The molecule has 5 nitrogen and oxygen atoms in total. The molecule has 0 spiro atoms. The third-order valence-electron chi connectivity index (χ3n) is 3.33. The van der Waals surface area contributed by atoms with Gasteiger partial charge in [0.2, 0.25) is 0 Å². The molecule has 0 aliphatic carbocycles. The maximum absolute atomic E-state index is 6.11. The number of aliphatic imine (C=N–C) groups is 1. The summed E-state index contributed by atoms with van der Waals surface area (Å²) in [6, 6.07) is 0. The van der Waals surface area contributed by atoms with E-state index < -0.39 is 0 Å². The van der Waals surface area contributed by atoms with Crippen LogP contribution < -0.4 is 5.73 Å². The average Bonchev–Trinajstić information content (AvgIpc) is 2.81. The Morgan fingerprint density at radius 1 is 1.55 bits per heavy atom. The van der Waals surface area contributed by atoms with Crippen molar-refractivity contribution in [2.24, 2.45) is 10.7 Å². The van der Waals surface area contributed by atoms with E-state index in [-0.39, 0.29) is 12.2 Å². The standard InChI is InChI=1S/C14H24N4OS/c1-9(13-17-10(2)8-20-13)5-16-14(15)18-6-11(3)19-12(4)7-18/h8-9,11-12H,5-7H2,1-4H3,(H2,15,16)/t9?,11-,12+. The van der Waals surface area contributed by atoms with Gasteiger partial charge in [-0.2, -0.15) is 0 Å². The number of ether oxygens (including phenoxy) is 1. The van der Waals surface area contributed by atoms with Crippen molar-refractivity contribution in [1.29, 1.82) is 0 Å². The number of guanidine groups is 1. The lowest BCUT2D eigenvalue weighted by molar-refractivity contribution is -0.0484. The van der Waals surface area contributed by atoms with E-state index >= 15 is 0 Å². The van der Waals surface area contributed by atoms with Gasteiger partial charge in [0.1, 0.15) is 0 Å². The molecule has 2 heterocycles. The molecule has 1 aromatic rings. The SMILES string of the molecule is Cc1csc(C(C)CN=C(N)N2C[C@@H](C)O[C@@H](C)C2)n1. The highest BCUT2D eigenvalue weighted by Crippen LogP contribution is 2.20. The summed E-state index contributed by atoms with van der Waals surface area (Å²) >= 11 is 1.69. The fourth-order valence-corrected chi connectivity index (χ4v) is 3.22. The fraction of sp³-hybridized carbons (Fsp3) is 0.714. The number of hydrogen-bond donors (Lipinski definition) is 1. The first kappa shape index (κ1) is 15.3. The summed E-state index contributed by atoms with van der Waals surface area (Å²) in [5.74, 6) is 0.926. The van der Waals surface area contributed by atoms with Crippen LogP contribution in [-0.2, 0) is 4.74 Å². The first-order chi connectivity index (χ1) is 9.45. The van der Waals surface area contributed by atoms with Gasteiger partial charge in [0, 0.05) is 30.1 Å². The molecule has 2 rings (SSSR count). The second-order valence-electron chi connectivity index (χ2n) is 5.59. The van der Waals surface area contributed by atoms with Crippen molar-refractivity contribution in [2.75, 3.05) is 19.6 Å². The minimum atomic E-state index is 0.200. The van der Waals surface area contributed by atoms with Gasteiger partial charge in [0.25, 0.3) is 0 Å². The lowest BCUT2D eigenvalue weighted by atomic mass is 10.2. The van der Waals surface area contributed by atoms with Crippen molar-refractivity contribution in [3.8, 4) is 0 Å². The monoisotopic (exact) mass is 296 g/mol. The van der Waals surface area contributed by atoms with Crippen LogP contribution in [0.3, 0.4) is 0 Å². The highest BCUT2D eigenvalue weighted by Gasteiger charge is 2.23. The van der Waals surface area contributed by atoms with E-state index in [0.717, 1.165) is 23.8 Å². The maximum Gasteiger partial charge on any atom is 0.191 e. The largest absolute Gasteiger partial charge is 0.372 e. The molecule has 1 aromatic heterocycles. The van der Waals surface area contributed by atoms with Gasteiger partial charge in [-0.25, -0.2) is 4.98 Å². The molecule has 1 fully saturated rings. The second kappa shape index (κ2) is 6.54. The lowest BCUT2D eigenvalue weighted by Gasteiger charge is -2.36. The van der Waals surface area contributed by atoms with E-state index in [4.69, 9.17) is 10.5 Å². The van der Waals surface area contributed by atoms with Crippen LogP contribution in [0.1, 0.15) is 37.4 Å².